The Morgan fingerprint density at radius 1 is 1.46 bits per heavy atom. The van der Waals surface area contributed by atoms with Gasteiger partial charge in [0, 0.05) is 10.6 Å². The minimum absolute atomic E-state index is 0.402. The zero-order valence-electron chi connectivity index (χ0n) is 7.01. The summed E-state index contributed by atoms with van der Waals surface area (Å²) in [5.41, 5.74) is 5.34. The molecule has 3 N–H and O–H groups in total. The summed E-state index contributed by atoms with van der Waals surface area (Å²) in [7, 11) is 0. The maximum atomic E-state index is 10.4. The van der Waals surface area contributed by atoms with Crippen molar-refractivity contribution in [3.63, 3.8) is 0 Å². The maximum Gasteiger partial charge on any atom is 0.321 e. The third-order valence-corrected chi connectivity index (χ3v) is 2.62. The third-order valence-electron chi connectivity index (χ3n) is 1.49. The molecule has 0 spiro atoms. The highest BCUT2D eigenvalue weighted by Gasteiger charge is 2.10. The lowest BCUT2D eigenvalue weighted by molar-refractivity contribution is -0.137. The standard InChI is InChI=1S/C9H11NO2S/c10-8(9(11)12)6-13-7-4-2-1-3-5-7/h1-5,8H,6,10H2,(H,11,12)/t8-/m0/s1. The van der Waals surface area contributed by atoms with Crippen LogP contribution in [0.3, 0.4) is 0 Å². The summed E-state index contributed by atoms with van der Waals surface area (Å²) >= 11 is 1.45. The normalized spacial score (nSPS) is 12.4. The van der Waals surface area contributed by atoms with E-state index >= 15 is 0 Å². The number of carboxylic acids is 1. The van der Waals surface area contributed by atoms with Crippen molar-refractivity contribution >= 4 is 17.7 Å². The van der Waals surface area contributed by atoms with Gasteiger partial charge in [0.1, 0.15) is 6.04 Å². The van der Waals surface area contributed by atoms with Crippen LogP contribution in [0.1, 0.15) is 0 Å². The van der Waals surface area contributed by atoms with Crippen molar-refractivity contribution in [2.24, 2.45) is 5.73 Å². The van der Waals surface area contributed by atoms with Crippen molar-refractivity contribution < 1.29 is 9.90 Å². The maximum absolute atomic E-state index is 10.4. The molecule has 0 bridgehead atoms. The summed E-state index contributed by atoms with van der Waals surface area (Å²) in [6.45, 7) is 0. The van der Waals surface area contributed by atoms with Crippen LogP contribution in [0.4, 0.5) is 0 Å². The second kappa shape index (κ2) is 4.89. The first-order chi connectivity index (χ1) is 6.20. The zero-order chi connectivity index (χ0) is 9.68. The van der Waals surface area contributed by atoms with E-state index in [4.69, 9.17) is 10.8 Å². The van der Waals surface area contributed by atoms with E-state index in [1.165, 1.54) is 11.8 Å². The monoisotopic (exact) mass is 197 g/mol. The van der Waals surface area contributed by atoms with Crippen molar-refractivity contribution in [1.29, 1.82) is 0 Å². The fourth-order valence-electron chi connectivity index (χ4n) is 0.774. The Labute approximate surface area is 80.9 Å². The van der Waals surface area contributed by atoms with E-state index in [0.29, 0.717) is 5.75 Å². The Balaban J connectivity index is 2.39. The number of carbonyl (C=O) groups is 1. The molecule has 0 aliphatic carbocycles. The first-order valence-corrected chi connectivity index (χ1v) is 4.85. The topological polar surface area (TPSA) is 63.3 Å². The molecule has 3 nitrogen and oxygen atoms in total. The molecule has 0 aromatic heterocycles. The summed E-state index contributed by atoms with van der Waals surface area (Å²) in [6.07, 6.45) is 0. The first kappa shape index (κ1) is 10.1. The molecule has 0 amide bonds. The molecule has 1 aromatic rings. The highest BCUT2D eigenvalue weighted by atomic mass is 32.2. The lowest BCUT2D eigenvalue weighted by atomic mass is 10.4. The Morgan fingerprint density at radius 2 is 2.08 bits per heavy atom. The van der Waals surface area contributed by atoms with Gasteiger partial charge in [-0.2, -0.15) is 0 Å². The molecular weight excluding hydrogens is 186 g/mol. The van der Waals surface area contributed by atoms with Gasteiger partial charge >= 0.3 is 5.97 Å². The molecule has 1 rings (SSSR count). The summed E-state index contributed by atoms with van der Waals surface area (Å²) in [5.74, 6) is -0.553. The molecule has 70 valence electrons. The fraction of sp³-hybridized carbons (Fsp3) is 0.222. The third kappa shape index (κ3) is 3.48. The van der Waals surface area contributed by atoms with Crippen LogP contribution in [0, 0.1) is 0 Å². The second-order valence-corrected chi connectivity index (χ2v) is 3.66. The average molecular weight is 197 g/mol. The largest absolute Gasteiger partial charge is 0.480 e. The van der Waals surface area contributed by atoms with Crippen LogP contribution >= 0.6 is 11.8 Å². The van der Waals surface area contributed by atoms with Gasteiger partial charge in [0.05, 0.1) is 0 Å². The van der Waals surface area contributed by atoms with Gasteiger partial charge in [-0.1, -0.05) is 18.2 Å². The molecule has 0 unspecified atom stereocenters. The second-order valence-electron chi connectivity index (χ2n) is 2.57. The van der Waals surface area contributed by atoms with Gasteiger partial charge < -0.3 is 10.8 Å². The molecule has 4 heteroatoms. The van der Waals surface area contributed by atoms with Crippen molar-refractivity contribution in [2.45, 2.75) is 10.9 Å². The van der Waals surface area contributed by atoms with E-state index in [1.807, 2.05) is 30.3 Å². The quantitative estimate of drug-likeness (QED) is 0.712. The number of aliphatic carboxylic acids is 1. The molecule has 0 heterocycles. The number of nitrogens with two attached hydrogens (primary N) is 1. The van der Waals surface area contributed by atoms with Gasteiger partial charge in [0.25, 0.3) is 0 Å². The molecular formula is C9H11NO2S. The van der Waals surface area contributed by atoms with Crippen molar-refractivity contribution in [2.75, 3.05) is 5.75 Å². The van der Waals surface area contributed by atoms with Gasteiger partial charge in [0.15, 0.2) is 0 Å². The smallest absolute Gasteiger partial charge is 0.321 e. The van der Waals surface area contributed by atoms with E-state index in [-0.39, 0.29) is 0 Å². The summed E-state index contributed by atoms with van der Waals surface area (Å²) in [6, 6.07) is 8.81. The average Bonchev–Trinajstić information content (AvgIpc) is 2.15. The van der Waals surface area contributed by atoms with Crippen LogP contribution in [0.2, 0.25) is 0 Å². The molecule has 0 saturated carbocycles. The molecule has 1 atom stereocenters. The van der Waals surface area contributed by atoms with Gasteiger partial charge in [-0.3, -0.25) is 4.79 Å². The molecule has 13 heavy (non-hydrogen) atoms. The molecule has 0 saturated heterocycles. The SMILES string of the molecule is N[C@@H](CSc1ccccc1)C(=O)O. The Bertz CT molecular complexity index is 276. The number of benzene rings is 1. The predicted octanol–water partition coefficient (Wildman–Crippen LogP) is 1.19. The van der Waals surface area contributed by atoms with Crippen LogP contribution in [0.25, 0.3) is 0 Å². The summed E-state index contributed by atoms with van der Waals surface area (Å²) in [4.78, 5) is 11.4. The molecule has 0 aliphatic rings. The van der Waals surface area contributed by atoms with Crippen LogP contribution in [-0.2, 0) is 4.79 Å². The van der Waals surface area contributed by atoms with Gasteiger partial charge in [-0.15, -0.1) is 11.8 Å². The van der Waals surface area contributed by atoms with E-state index < -0.39 is 12.0 Å². The highest BCUT2D eigenvalue weighted by Crippen LogP contribution is 2.17. The Hall–Kier alpha value is -1.00. The van der Waals surface area contributed by atoms with Crippen molar-refractivity contribution in [3.05, 3.63) is 30.3 Å². The number of hydrogen-bond acceptors (Lipinski definition) is 3. The van der Waals surface area contributed by atoms with Crippen LogP contribution in [-0.4, -0.2) is 22.9 Å². The number of rotatable bonds is 4. The van der Waals surface area contributed by atoms with E-state index in [1.54, 1.807) is 0 Å². The fourth-order valence-corrected chi connectivity index (χ4v) is 1.64. The summed E-state index contributed by atoms with van der Waals surface area (Å²) in [5, 5.41) is 8.52. The van der Waals surface area contributed by atoms with Crippen LogP contribution in [0.15, 0.2) is 35.2 Å². The minimum atomic E-state index is -0.955. The highest BCUT2D eigenvalue weighted by molar-refractivity contribution is 7.99. The molecule has 1 aromatic carbocycles. The van der Waals surface area contributed by atoms with Gasteiger partial charge in [-0.25, -0.2) is 0 Å². The molecule has 0 fully saturated rings. The van der Waals surface area contributed by atoms with E-state index in [9.17, 15) is 4.79 Å². The van der Waals surface area contributed by atoms with E-state index in [2.05, 4.69) is 0 Å². The molecule has 0 radical (unpaired) electrons. The molecule has 0 aliphatic heterocycles. The van der Waals surface area contributed by atoms with Gasteiger partial charge in [0.2, 0.25) is 0 Å². The Morgan fingerprint density at radius 3 is 2.62 bits per heavy atom. The zero-order valence-corrected chi connectivity index (χ0v) is 7.83. The van der Waals surface area contributed by atoms with E-state index in [0.717, 1.165) is 4.90 Å². The minimum Gasteiger partial charge on any atom is -0.480 e. The van der Waals surface area contributed by atoms with Crippen molar-refractivity contribution in [3.8, 4) is 0 Å². The lowest BCUT2D eigenvalue weighted by Crippen LogP contribution is -2.32. The van der Waals surface area contributed by atoms with Crippen molar-refractivity contribution in [1.82, 2.24) is 0 Å². The number of thioether (sulfide) groups is 1. The van der Waals surface area contributed by atoms with Crippen LogP contribution < -0.4 is 5.73 Å². The number of carboxylic acid groups (broad SMARTS) is 1. The lowest BCUT2D eigenvalue weighted by Gasteiger charge is -2.04. The number of hydrogen-bond donors (Lipinski definition) is 2. The first-order valence-electron chi connectivity index (χ1n) is 3.86. The summed E-state index contributed by atoms with van der Waals surface area (Å²) < 4.78 is 0. The predicted molar refractivity (Wildman–Crippen MR) is 52.8 cm³/mol. The van der Waals surface area contributed by atoms with Gasteiger partial charge in [-0.05, 0) is 12.1 Å². The van der Waals surface area contributed by atoms with Crippen LogP contribution in [0.5, 0.6) is 0 Å². The Kier molecular flexibility index (Phi) is 3.79.